The van der Waals surface area contributed by atoms with Crippen molar-refractivity contribution in [2.45, 2.75) is 52.4 Å². The van der Waals surface area contributed by atoms with Crippen molar-refractivity contribution in [3.63, 3.8) is 0 Å². The van der Waals surface area contributed by atoms with E-state index >= 15 is 0 Å². The molecule has 0 bridgehead atoms. The number of rotatable bonds is 5. The van der Waals surface area contributed by atoms with E-state index in [0.717, 1.165) is 6.42 Å². The normalized spacial score (nSPS) is 17.5. The zero-order valence-corrected chi connectivity index (χ0v) is 8.99. The van der Waals surface area contributed by atoms with E-state index < -0.39 is 11.9 Å². The summed E-state index contributed by atoms with van der Waals surface area (Å²) in [4.78, 5) is 0. The van der Waals surface area contributed by atoms with Crippen LogP contribution >= 0.6 is 0 Å². The van der Waals surface area contributed by atoms with Crippen LogP contribution in [0.5, 0.6) is 0 Å². The molecule has 80 valence electrons. The van der Waals surface area contributed by atoms with Crippen LogP contribution in [0.4, 0.5) is 0 Å². The molecule has 2 unspecified atom stereocenters. The molecule has 13 heavy (non-hydrogen) atoms. The van der Waals surface area contributed by atoms with Gasteiger partial charge in [-0.3, -0.25) is 0 Å². The minimum absolute atomic E-state index is 0.0148. The molecule has 3 heteroatoms. The largest absolute Gasteiger partial charge is 0.393 e. The Morgan fingerprint density at radius 1 is 1.15 bits per heavy atom. The Morgan fingerprint density at radius 2 is 1.62 bits per heavy atom. The first-order chi connectivity index (χ1) is 5.72. The third kappa shape index (κ3) is 6.99. The van der Waals surface area contributed by atoms with E-state index in [2.05, 4.69) is 13.8 Å². The maximum absolute atomic E-state index is 9.58. The van der Waals surface area contributed by atoms with Crippen LogP contribution in [0.1, 0.15) is 40.5 Å². The minimum Gasteiger partial charge on any atom is -0.393 e. The second-order valence-corrected chi connectivity index (χ2v) is 4.60. The molecule has 0 aliphatic heterocycles. The number of hydrogen-bond donors (Lipinski definition) is 3. The molecule has 3 nitrogen and oxygen atoms in total. The van der Waals surface area contributed by atoms with Crippen LogP contribution in [-0.4, -0.2) is 27.2 Å². The van der Waals surface area contributed by atoms with Crippen molar-refractivity contribution in [3.8, 4) is 0 Å². The molecular formula is C10H22O3. The maximum Gasteiger partial charge on any atom is 0.162 e. The van der Waals surface area contributed by atoms with Crippen molar-refractivity contribution in [2.24, 2.45) is 11.8 Å². The Morgan fingerprint density at radius 3 is 1.92 bits per heavy atom. The van der Waals surface area contributed by atoms with Crippen molar-refractivity contribution in [1.82, 2.24) is 0 Å². The molecule has 0 aliphatic rings. The summed E-state index contributed by atoms with van der Waals surface area (Å²) in [6, 6.07) is 0. The van der Waals surface area contributed by atoms with Gasteiger partial charge in [0.25, 0.3) is 0 Å². The Hall–Kier alpha value is -0.120. The van der Waals surface area contributed by atoms with Gasteiger partial charge in [0, 0.05) is 6.42 Å². The fourth-order valence-corrected chi connectivity index (χ4v) is 1.50. The van der Waals surface area contributed by atoms with E-state index in [1.165, 1.54) is 6.92 Å². The van der Waals surface area contributed by atoms with Gasteiger partial charge in [0.1, 0.15) is 0 Å². The highest BCUT2D eigenvalue weighted by molar-refractivity contribution is 4.71. The van der Waals surface area contributed by atoms with Gasteiger partial charge in [-0.2, -0.15) is 0 Å². The van der Waals surface area contributed by atoms with Gasteiger partial charge in [-0.25, -0.2) is 0 Å². The van der Waals surface area contributed by atoms with E-state index in [1.807, 2.05) is 6.92 Å². The van der Waals surface area contributed by atoms with Crippen LogP contribution in [0.2, 0.25) is 0 Å². The third-order valence-electron chi connectivity index (χ3n) is 2.10. The highest BCUT2D eigenvalue weighted by Gasteiger charge is 2.24. The van der Waals surface area contributed by atoms with Crippen LogP contribution in [0.25, 0.3) is 0 Å². The van der Waals surface area contributed by atoms with Crippen molar-refractivity contribution >= 4 is 0 Å². The Kier molecular flexibility index (Phi) is 4.89. The first-order valence-corrected chi connectivity index (χ1v) is 4.85. The molecule has 0 heterocycles. The lowest BCUT2D eigenvalue weighted by Crippen LogP contribution is -2.33. The van der Waals surface area contributed by atoms with E-state index in [0.29, 0.717) is 5.92 Å². The quantitative estimate of drug-likeness (QED) is 0.569. The van der Waals surface area contributed by atoms with Crippen LogP contribution in [-0.2, 0) is 0 Å². The lowest BCUT2D eigenvalue weighted by Gasteiger charge is -2.25. The molecule has 0 spiro atoms. The van der Waals surface area contributed by atoms with Gasteiger partial charge >= 0.3 is 0 Å². The second kappa shape index (κ2) is 4.94. The maximum atomic E-state index is 9.58. The Labute approximate surface area is 80.4 Å². The fraction of sp³-hybridized carbons (Fsp3) is 1.00. The summed E-state index contributed by atoms with van der Waals surface area (Å²) in [5.41, 5.74) is 0. The van der Waals surface area contributed by atoms with Crippen LogP contribution in [0.15, 0.2) is 0 Å². The molecule has 0 rings (SSSR count). The fourth-order valence-electron chi connectivity index (χ4n) is 1.50. The number of hydrogen-bond acceptors (Lipinski definition) is 3. The molecular weight excluding hydrogens is 168 g/mol. The number of aliphatic hydroxyl groups excluding tert-OH is 1. The smallest absolute Gasteiger partial charge is 0.162 e. The van der Waals surface area contributed by atoms with Crippen molar-refractivity contribution in [3.05, 3.63) is 0 Å². The summed E-state index contributed by atoms with van der Waals surface area (Å²) in [5.74, 6) is -1.13. The molecule has 0 aliphatic carbocycles. The predicted molar refractivity (Wildman–Crippen MR) is 52.1 cm³/mol. The Balaban J connectivity index is 3.89. The highest BCUT2D eigenvalue weighted by Crippen LogP contribution is 2.20. The lowest BCUT2D eigenvalue weighted by atomic mass is 9.90. The second-order valence-electron chi connectivity index (χ2n) is 4.60. The van der Waals surface area contributed by atoms with Crippen LogP contribution in [0.3, 0.4) is 0 Å². The SMILES string of the molecule is CC(C)CC(C)C(O)CC(C)(O)O. The zero-order valence-electron chi connectivity index (χ0n) is 8.99. The van der Waals surface area contributed by atoms with Crippen molar-refractivity contribution in [2.75, 3.05) is 0 Å². The molecule has 0 radical (unpaired) electrons. The standard InChI is InChI=1S/C10H22O3/c1-7(2)5-8(3)9(11)6-10(4,12)13/h7-9,11-13H,5-6H2,1-4H3. The minimum atomic E-state index is -1.76. The van der Waals surface area contributed by atoms with Gasteiger partial charge in [0.05, 0.1) is 6.10 Å². The molecule has 3 N–H and O–H groups in total. The molecule has 2 atom stereocenters. The molecule has 0 aromatic carbocycles. The molecule has 0 aromatic heterocycles. The van der Waals surface area contributed by atoms with Gasteiger partial charge in [-0.1, -0.05) is 20.8 Å². The van der Waals surface area contributed by atoms with Crippen LogP contribution in [0, 0.1) is 11.8 Å². The Bertz CT molecular complexity index is 138. The average Bonchev–Trinajstić information content (AvgIpc) is 1.81. The van der Waals surface area contributed by atoms with E-state index in [4.69, 9.17) is 10.2 Å². The van der Waals surface area contributed by atoms with Gasteiger partial charge in [-0.05, 0) is 25.2 Å². The summed E-state index contributed by atoms with van der Waals surface area (Å²) in [5, 5.41) is 27.7. The average molecular weight is 190 g/mol. The molecule has 0 amide bonds. The molecule has 0 saturated carbocycles. The monoisotopic (exact) mass is 190 g/mol. The molecule has 0 aromatic rings. The summed E-state index contributed by atoms with van der Waals surface area (Å²) in [6.45, 7) is 7.38. The van der Waals surface area contributed by atoms with Gasteiger partial charge in [-0.15, -0.1) is 0 Å². The van der Waals surface area contributed by atoms with Gasteiger partial charge in [0.2, 0.25) is 0 Å². The van der Waals surface area contributed by atoms with E-state index in [9.17, 15) is 5.11 Å². The number of aliphatic hydroxyl groups is 3. The molecule has 0 fully saturated rings. The first-order valence-electron chi connectivity index (χ1n) is 4.85. The summed E-state index contributed by atoms with van der Waals surface area (Å²) in [7, 11) is 0. The zero-order chi connectivity index (χ0) is 10.6. The topological polar surface area (TPSA) is 60.7 Å². The van der Waals surface area contributed by atoms with Gasteiger partial charge < -0.3 is 15.3 Å². The van der Waals surface area contributed by atoms with Crippen molar-refractivity contribution < 1.29 is 15.3 Å². The third-order valence-corrected chi connectivity index (χ3v) is 2.10. The highest BCUT2D eigenvalue weighted by atomic mass is 16.5. The van der Waals surface area contributed by atoms with Crippen LogP contribution < -0.4 is 0 Å². The van der Waals surface area contributed by atoms with Gasteiger partial charge in [0.15, 0.2) is 5.79 Å². The summed E-state index contributed by atoms with van der Waals surface area (Å²) < 4.78 is 0. The van der Waals surface area contributed by atoms with Crippen molar-refractivity contribution in [1.29, 1.82) is 0 Å². The summed E-state index contributed by atoms with van der Waals surface area (Å²) >= 11 is 0. The predicted octanol–water partition coefficient (Wildman–Crippen LogP) is 1.12. The lowest BCUT2D eigenvalue weighted by molar-refractivity contribution is -0.170. The van der Waals surface area contributed by atoms with E-state index in [-0.39, 0.29) is 12.3 Å². The summed E-state index contributed by atoms with van der Waals surface area (Å²) in [6.07, 6.45) is 0.278. The first kappa shape index (κ1) is 12.9. The van der Waals surface area contributed by atoms with E-state index in [1.54, 1.807) is 0 Å². The molecule has 0 saturated heterocycles.